The molecule has 11 nitrogen and oxygen atoms in total. The third kappa shape index (κ3) is 6.39. The number of piperazine rings is 1. The molecule has 3 aliphatic heterocycles. The predicted octanol–water partition coefficient (Wildman–Crippen LogP) is 2.10. The van der Waals surface area contributed by atoms with Gasteiger partial charge in [-0.25, -0.2) is 4.99 Å². The van der Waals surface area contributed by atoms with Crippen LogP contribution in [0.3, 0.4) is 0 Å². The van der Waals surface area contributed by atoms with Crippen molar-refractivity contribution >= 4 is 46.5 Å². The molecule has 4 heterocycles. The van der Waals surface area contributed by atoms with Crippen LogP contribution in [0.5, 0.6) is 5.88 Å². The van der Waals surface area contributed by atoms with Crippen molar-refractivity contribution in [2.75, 3.05) is 58.3 Å². The third-order valence-corrected chi connectivity index (χ3v) is 8.61. The molecular formula is C33H36BN5O6. The van der Waals surface area contributed by atoms with Gasteiger partial charge in [0.25, 0.3) is 0 Å². The van der Waals surface area contributed by atoms with Gasteiger partial charge in [-0.05, 0) is 42.8 Å². The summed E-state index contributed by atoms with van der Waals surface area (Å²) in [6.07, 6.45) is -1.52. The third-order valence-electron chi connectivity index (χ3n) is 8.61. The number of ether oxygens (including phenoxy) is 1. The van der Waals surface area contributed by atoms with Gasteiger partial charge in [-0.3, -0.25) is 9.69 Å². The summed E-state index contributed by atoms with van der Waals surface area (Å²) in [6.45, 7) is 4.64. The lowest BCUT2D eigenvalue weighted by Gasteiger charge is -2.31. The van der Waals surface area contributed by atoms with Crippen LogP contribution >= 0.6 is 0 Å². The van der Waals surface area contributed by atoms with Crippen molar-refractivity contribution in [2.45, 2.75) is 18.3 Å². The summed E-state index contributed by atoms with van der Waals surface area (Å²) < 4.78 is 17.5. The number of hydrogen-bond acceptors (Lipinski definition) is 9. The van der Waals surface area contributed by atoms with Crippen LogP contribution in [0.4, 0.5) is 11.4 Å². The number of nitrogens with one attached hydrogen (secondary N) is 2. The molecule has 7 rings (SSSR count). The number of carbonyl (C=O) groups excluding carboxylic acids is 1. The zero-order valence-corrected chi connectivity index (χ0v) is 25.1. The van der Waals surface area contributed by atoms with Gasteiger partial charge in [-0.15, -0.1) is 0 Å². The Hall–Kier alpha value is -4.04. The van der Waals surface area contributed by atoms with Crippen LogP contribution in [0.25, 0.3) is 10.9 Å². The number of amides is 1. The molecule has 1 aromatic heterocycles. The van der Waals surface area contributed by atoms with Crippen LogP contribution < -0.4 is 10.8 Å². The lowest BCUT2D eigenvalue weighted by molar-refractivity contribution is -0.117. The number of aliphatic hydroxyl groups is 1. The molecule has 3 fully saturated rings. The first-order valence-electron chi connectivity index (χ1n) is 15.3. The summed E-state index contributed by atoms with van der Waals surface area (Å²) in [5, 5.41) is 25.2. The van der Waals surface area contributed by atoms with E-state index in [0.717, 1.165) is 42.6 Å². The number of fused-ring (bicyclic) bond motifs is 2. The van der Waals surface area contributed by atoms with Crippen molar-refractivity contribution in [3.05, 3.63) is 83.9 Å². The van der Waals surface area contributed by atoms with E-state index in [4.69, 9.17) is 19.0 Å². The summed E-state index contributed by atoms with van der Waals surface area (Å²) >= 11 is 0. The molecule has 0 aliphatic carbocycles. The first kappa shape index (κ1) is 29.7. The monoisotopic (exact) mass is 609 g/mol. The molecule has 12 heteroatoms. The molecule has 3 atom stereocenters. The zero-order chi connectivity index (χ0) is 30.9. The highest BCUT2D eigenvalue weighted by Gasteiger charge is 2.46. The van der Waals surface area contributed by atoms with Gasteiger partial charge in [-0.1, -0.05) is 42.5 Å². The number of H-pyrrole nitrogens is 1. The van der Waals surface area contributed by atoms with E-state index >= 15 is 0 Å². The SMILES string of the molecule is CN1CCN(CC(=O)Nc2ccc(N=C(c3ccccc3)c3c(O)[nH]c4cc(B5O[C@@H]6[C@@H](O)COC[C@H]6O5)ccc34)cc2)CC1. The molecule has 232 valence electrons. The van der Waals surface area contributed by atoms with Crippen molar-refractivity contribution in [3.8, 4) is 5.88 Å². The second kappa shape index (κ2) is 12.8. The lowest BCUT2D eigenvalue weighted by Crippen LogP contribution is -2.47. The van der Waals surface area contributed by atoms with Crippen molar-refractivity contribution in [3.63, 3.8) is 0 Å². The van der Waals surface area contributed by atoms with E-state index in [2.05, 4.69) is 27.1 Å². The molecule has 0 radical (unpaired) electrons. The fourth-order valence-electron chi connectivity index (χ4n) is 6.13. The van der Waals surface area contributed by atoms with Gasteiger partial charge in [0.2, 0.25) is 5.91 Å². The summed E-state index contributed by atoms with van der Waals surface area (Å²) in [6, 6.07) is 22.8. The van der Waals surface area contributed by atoms with E-state index in [1.807, 2.05) is 72.8 Å². The number of rotatable bonds is 7. The molecule has 0 unspecified atom stereocenters. The highest BCUT2D eigenvalue weighted by Crippen LogP contribution is 2.32. The summed E-state index contributed by atoms with van der Waals surface area (Å²) in [7, 11) is 1.44. The Labute approximate surface area is 261 Å². The minimum atomic E-state index is -0.740. The Bertz CT molecular complexity index is 1690. The minimum absolute atomic E-state index is 0.0108. The van der Waals surface area contributed by atoms with Crippen LogP contribution in [0.1, 0.15) is 11.1 Å². The number of aliphatic imine (C=N–C) groups is 1. The maximum Gasteiger partial charge on any atom is 0.494 e. The topological polar surface area (TPSA) is 132 Å². The fraction of sp³-hybridized carbons (Fsp3) is 0.333. The molecule has 3 saturated heterocycles. The van der Waals surface area contributed by atoms with Crippen LogP contribution in [0.15, 0.2) is 77.8 Å². The van der Waals surface area contributed by atoms with E-state index in [0.29, 0.717) is 41.3 Å². The molecule has 0 bridgehead atoms. The molecule has 45 heavy (non-hydrogen) atoms. The Morgan fingerprint density at radius 3 is 2.56 bits per heavy atom. The van der Waals surface area contributed by atoms with E-state index in [-0.39, 0.29) is 24.5 Å². The molecule has 3 aliphatic rings. The van der Waals surface area contributed by atoms with Crippen LogP contribution in [0, 0.1) is 0 Å². The normalized spacial score (nSPS) is 22.9. The average molecular weight is 609 g/mol. The number of nitrogens with zero attached hydrogens (tertiary/aromatic N) is 3. The molecule has 0 saturated carbocycles. The number of aromatic nitrogens is 1. The number of benzene rings is 3. The standard InChI is InChI=1S/C33H36BN5O6/c1-38-13-15-39(16-14-38)18-29(41)35-23-8-10-24(11-9-23)36-31(21-5-3-2-4-6-21)30-25-12-7-22(17-26(25)37-33(30)42)34-44-28-20-43-19-27(40)32(28)45-34/h2-12,17,27-28,32,37,40,42H,13-16,18-20H2,1H3,(H,35,41)/t27-,28+,32+/m0/s1. The lowest BCUT2D eigenvalue weighted by atomic mass is 9.79. The largest absolute Gasteiger partial charge is 0.494 e. The fourth-order valence-corrected chi connectivity index (χ4v) is 6.13. The number of carbonyl (C=O) groups is 1. The zero-order valence-electron chi connectivity index (χ0n) is 25.1. The number of aliphatic hydroxyl groups excluding tert-OH is 1. The highest BCUT2D eigenvalue weighted by atomic mass is 16.7. The van der Waals surface area contributed by atoms with Crippen molar-refractivity contribution in [1.82, 2.24) is 14.8 Å². The molecule has 1 amide bonds. The van der Waals surface area contributed by atoms with Crippen LogP contribution in [0.2, 0.25) is 0 Å². The first-order valence-corrected chi connectivity index (χ1v) is 15.3. The van der Waals surface area contributed by atoms with Crippen molar-refractivity contribution in [2.24, 2.45) is 4.99 Å². The first-order chi connectivity index (χ1) is 21.9. The summed E-state index contributed by atoms with van der Waals surface area (Å²) in [5.41, 5.74) is 4.83. The van der Waals surface area contributed by atoms with Crippen molar-refractivity contribution in [1.29, 1.82) is 0 Å². The summed E-state index contributed by atoms with van der Waals surface area (Å²) in [5.74, 6) is -0.0520. The molecule has 3 aromatic carbocycles. The maximum atomic E-state index is 12.7. The van der Waals surface area contributed by atoms with Gasteiger partial charge >= 0.3 is 7.12 Å². The second-order valence-electron chi connectivity index (χ2n) is 11.9. The quantitative estimate of drug-likeness (QED) is 0.185. The van der Waals surface area contributed by atoms with E-state index < -0.39 is 19.3 Å². The predicted molar refractivity (Wildman–Crippen MR) is 173 cm³/mol. The van der Waals surface area contributed by atoms with Crippen molar-refractivity contribution < 1.29 is 29.1 Å². The van der Waals surface area contributed by atoms with Crippen LogP contribution in [-0.4, -0.2) is 115 Å². The Morgan fingerprint density at radius 2 is 1.80 bits per heavy atom. The average Bonchev–Trinajstić information content (AvgIpc) is 3.63. The minimum Gasteiger partial charge on any atom is -0.494 e. The Balaban J connectivity index is 1.14. The van der Waals surface area contributed by atoms with Gasteiger partial charge < -0.3 is 39.5 Å². The Kier molecular flexibility index (Phi) is 8.41. The van der Waals surface area contributed by atoms with Gasteiger partial charge in [0.1, 0.15) is 6.10 Å². The molecular weight excluding hydrogens is 573 g/mol. The number of hydrogen-bond donors (Lipinski definition) is 4. The Morgan fingerprint density at radius 1 is 1.02 bits per heavy atom. The highest BCUT2D eigenvalue weighted by molar-refractivity contribution is 6.62. The molecule has 4 aromatic rings. The molecule has 4 N–H and O–H groups in total. The molecule has 0 spiro atoms. The van der Waals surface area contributed by atoms with Gasteiger partial charge in [0, 0.05) is 48.3 Å². The van der Waals surface area contributed by atoms with E-state index in [1.54, 1.807) is 0 Å². The van der Waals surface area contributed by atoms with Gasteiger partial charge in [0.05, 0.1) is 48.9 Å². The number of aromatic hydroxyl groups is 1. The number of likely N-dealkylation sites (N-methyl/N-ethyl adjacent to an activating group) is 1. The number of aromatic amines is 1. The maximum absolute atomic E-state index is 12.7. The van der Waals surface area contributed by atoms with E-state index in [1.165, 1.54) is 0 Å². The van der Waals surface area contributed by atoms with Gasteiger partial charge in [0.15, 0.2) is 5.88 Å². The second-order valence-corrected chi connectivity index (χ2v) is 11.9. The van der Waals surface area contributed by atoms with Crippen LogP contribution in [-0.2, 0) is 18.8 Å². The number of anilines is 1. The smallest absolute Gasteiger partial charge is 0.494 e. The van der Waals surface area contributed by atoms with Gasteiger partial charge in [-0.2, -0.15) is 0 Å². The summed E-state index contributed by atoms with van der Waals surface area (Å²) in [4.78, 5) is 25.2. The van der Waals surface area contributed by atoms with E-state index in [9.17, 15) is 15.0 Å².